The Bertz CT molecular complexity index is 983. The Morgan fingerprint density at radius 3 is 2.09 bits per heavy atom. The first-order chi connectivity index (χ1) is 15.3. The molecule has 2 aromatic rings. The molecule has 180 valence electrons. The van der Waals surface area contributed by atoms with E-state index >= 15 is 0 Å². The van der Waals surface area contributed by atoms with E-state index in [0.29, 0.717) is 37.2 Å². The molecule has 1 aliphatic rings. The lowest BCUT2D eigenvalue weighted by molar-refractivity contribution is -0.130. The minimum absolute atomic E-state index is 0.0251. The zero-order chi connectivity index (χ0) is 24.4. The van der Waals surface area contributed by atoms with E-state index in [1.165, 1.54) is 22.0 Å². The summed E-state index contributed by atoms with van der Waals surface area (Å²) in [5.74, 6) is 6.94. The third-order valence-electron chi connectivity index (χ3n) is 5.28. The van der Waals surface area contributed by atoms with Crippen LogP contribution in [0.3, 0.4) is 0 Å². The van der Waals surface area contributed by atoms with Crippen LogP contribution in [0.25, 0.3) is 11.4 Å². The van der Waals surface area contributed by atoms with Gasteiger partial charge in [-0.25, -0.2) is 9.47 Å². The van der Waals surface area contributed by atoms with Gasteiger partial charge in [-0.15, -0.1) is 10.2 Å². The number of nitrogen functional groups attached to an aromatic ring is 1. The topological polar surface area (TPSA) is 107 Å². The lowest BCUT2D eigenvalue weighted by atomic mass is 9.87. The Morgan fingerprint density at radius 2 is 1.55 bits per heavy atom. The molecule has 0 saturated carbocycles. The molecule has 0 aliphatic carbocycles. The molecule has 9 nitrogen and oxygen atoms in total. The Balaban J connectivity index is 1.53. The predicted octanol–water partition coefficient (Wildman–Crippen LogP) is 3.13. The average molecular weight is 475 g/mol. The van der Waals surface area contributed by atoms with Crippen LogP contribution in [0.5, 0.6) is 0 Å². The van der Waals surface area contributed by atoms with Crippen LogP contribution in [0.2, 0.25) is 0 Å². The maximum atomic E-state index is 12.7. The third-order valence-corrected chi connectivity index (χ3v) is 6.21. The van der Waals surface area contributed by atoms with Crippen LogP contribution in [0, 0.1) is 0 Å². The zero-order valence-corrected chi connectivity index (χ0v) is 21.1. The summed E-state index contributed by atoms with van der Waals surface area (Å²) < 4.78 is 6.82. The first-order valence-corrected chi connectivity index (χ1v) is 12.0. The number of rotatable bonds is 4. The molecule has 0 radical (unpaired) electrons. The van der Waals surface area contributed by atoms with Crippen molar-refractivity contribution in [3.05, 3.63) is 29.8 Å². The van der Waals surface area contributed by atoms with Crippen LogP contribution in [0.1, 0.15) is 47.1 Å². The first-order valence-electron chi connectivity index (χ1n) is 11.0. The molecular formula is C23H34N6O3S. The number of thioether (sulfide) groups is 1. The highest BCUT2D eigenvalue weighted by atomic mass is 32.2. The van der Waals surface area contributed by atoms with Gasteiger partial charge in [-0.1, -0.05) is 56.8 Å². The van der Waals surface area contributed by atoms with E-state index < -0.39 is 5.60 Å². The van der Waals surface area contributed by atoms with Crippen molar-refractivity contribution >= 4 is 23.8 Å². The number of amides is 2. The summed E-state index contributed by atoms with van der Waals surface area (Å²) in [5.41, 5.74) is 1.62. The highest BCUT2D eigenvalue weighted by Crippen LogP contribution is 2.26. The van der Waals surface area contributed by atoms with Crippen molar-refractivity contribution in [2.75, 3.05) is 37.8 Å². The second kappa shape index (κ2) is 9.62. The Hall–Kier alpha value is -2.75. The van der Waals surface area contributed by atoms with E-state index in [2.05, 4.69) is 43.1 Å². The highest BCUT2D eigenvalue weighted by Gasteiger charge is 2.28. The number of benzene rings is 1. The fourth-order valence-corrected chi connectivity index (χ4v) is 4.13. The van der Waals surface area contributed by atoms with E-state index in [4.69, 9.17) is 10.6 Å². The maximum absolute atomic E-state index is 12.7. The molecule has 2 N–H and O–H groups in total. The molecular weight excluding hydrogens is 440 g/mol. The zero-order valence-electron chi connectivity index (χ0n) is 20.3. The molecule has 0 bridgehead atoms. The van der Waals surface area contributed by atoms with Crippen LogP contribution in [-0.4, -0.2) is 74.2 Å². The number of hydrogen-bond donors (Lipinski definition) is 1. The molecule has 3 rings (SSSR count). The molecule has 10 heteroatoms. The number of aromatic nitrogens is 3. The minimum atomic E-state index is -0.535. The number of carbonyl (C=O) groups excluding carboxylic acids is 2. The fraction of sp³-hybridized carbons (Fsp3) is 0.565. The van der Waals surface area contributed by atoms with Crippen molar-refractivity contribution in [2.45, 2.75) is 57.7 Å². The molecule has 1 fully saturated rings. The van der Waals surface area contributed by atoms with Gasteiger partial charge in [-0.2, -0.15) is 0 Å². The number of carbonyl (C=O) groups is 2. The quantitative estimate of drug-likeness (QED) is 0.536. The minimum Gasteiger partial charge on any atom is -0.444 e. The van der Waals surface area contributed by atoms with E-state index in [-0.39, 0.29) is 23.2 Å². The fourth-order valence-electron chi connectivity index (χ4n) is 3.37. The molecule has 0 atom stereocenters. The van der Waals surface area contributed by atoms with Gasteiger partial charge in [-0.05, 0) is 31.7 Å². The molecule has 1 saturated heterocycles. The summed E-state index contributed by atoms with van der Waals surface area (Å²) >= 11 is 1.25. The largest absolute Gasteiger partial charge is 0.444 e. The summed E-state index contributed by atoms with van der Waals surface area (Å²) in [6, 6.07) is 8.10. The summed E-state index contributed by atoms with van der Waals surface area (Å²) in [6.45, 7) is 13.8. The van der Waals surface area contributed by atoms with Gasteiger partial charge in [-0.3, -0.25) is 4.79 Å². The second-order valence-corrected chi connectivity index (χ2v) is 11.1. The number of ether oxygens (including phenoxy) is 1. The number of piperazine rings is 1. The summed E-state index contributed by atoms with van der Waals surface area (Å²) in [4.78, 5) is 28.2. The summed E-state index contributed by atoms with van der Waals surface area (Å²) in [7, 11) is 0. The van der Waals surface area contributed by atoms with Crippen molar-refractivity contribution in [3.8, 4) is 11.4 Å². The van der Waals surface area contributed by atoms with Crippen LogP contribution in [0.4, 0.5) is 4.79 Å². The highest BCUT2D eigenvalue weighted by molar-refractivity contribution is 7.99. The molecule has 2 amide bonds. The van der Waals surface area contributed by atoms with Crippen LogP contribution in [0.15, 0.2) is 29.4 Å². The molecule has 0 unspecified atom stereocenters. The number of hydrogen-bond acceptors (Lipinski definition) is 7. The number of nitrogens with zero attached hydrogens (tertiary/aromatic N) is 5. The second-order valence-electron chi connectivity index (χ2n) is 10.1. The van der Waals surface area contributed by atoms with Gasteiger partial charge in [0.05, 0.1) is 5.75 Å². The number of nitrogens with two attached hydrogens (primary N) is 1. The molecule has 1 aromatic heterocycles. The predicted molar refractivity (Wildman–Crippen MR) is 129 cm³/mol. The van der Waals surface area contributed by atoms with E-state index in [1.54, 1.807) is 9.80 Å². The molecule has 1 aliphatic heterocycles. The maximum Gasteiger partial charge on any atom is 0.410 e. The van der Waals surface area contributed by atoms with Crippen LogP contribution in [-0.2, 0) is 14.9 Å². The van der Waals surface area contributed by atoms with Crippen molar-refractivity contribution in [1.29, 1.82) is 0 Å². The molecule has 33 heavy (non-hydrogen) atoms. The van der Waals surface area contributed by atoms with Crippen molar-refractivity contribution < 1.29 is 14.3 Å². The van der Waals surface area contributed by atoms with Gasteiger partial charge >= 0.3 is 6.09 Å². The van der Waals surface area contributed by atoms with Gasteiger partial charge in [0.2, 0.25) is 11.1 Å². The van der Waals surface area contributed by atoms with Gasteiger partial charge in [0.15, 0.2) is 5.82 Å². The molecule has 1 aromatic carbocycles. The lowest BCUT2D eigenvalue weighted by Gasteiger charge is -2.35. The van der Waals surface area contributed by atoms with Gasteiger partial charge in [0.25, 0.3) is 0 Å². The smallest absolute Gasteiger partial charge is 0.410 e. The Labute approximate surface area is 199 Å². The molecule has 0 spiro atoms. The van der Waals surface area contributed by atoms with E-state index in [1.807, 2.05) is 32.9 Å². The van der Waals surface area contributed by atoms with Crippen molar-refractivity contribution in [2.24, 2.45) is 0 Å². The molecule has 2 heterocycles. The summed E-state index contributed by atoms with van der Waals surface area (Å²) in [5, 5.41) is 8.85. The van der Waals surface area contributed by atoms with Gasteiger partial charge < -0.3 is 20.4 Å². The SMILES string of the molecule is CC(C)(C)OC(=O)N1CCN(C(=O)CSc2nnc(-c3ccc(C(C)(C)C)cc3)n2N)CC1. The van der Waals surface area contributed by atoms with Crippen LogP contribution < -0.4 is 5.84 Å². The van der Waals surface area contributed by atoms with Crippen molar-refractivity contribution in [1.82, 2.24) is 24.7 Å². The summed E-state index contributed by atoms with van der Waals surface area (Å²) in [6.07, 6.45) is -0.344. The monoisotopic (exact) mass is 474 g/mol. The van der Waals surface area contributed by atoms with E-state index in [9.17, 15) is 9.59 Å². The normalized spacial score (nSPS) is 15.0. The Morgan fingerprint density at radius 1 is 0.970 bits per heavy atom. The lowest BCUT2D eigenvalue weighted by Crippen LogP contribution is -2.52. The van der Waals surface area contributed by atoms with Gasteiger partial charge in [0, 0.05) is 31.7 Å². The standard InChI is InChI=1S/C23H34N6O3S/c1-22(2,3)17-9-7-16(8-10-17)19-25-26-20(29(19)24)33-15-18(30)27-11-13-28(14-12-27)21(31)32-23(4,5)6/h7-10H,11-15,24H2,1-6H3. The van der Waals surface area contributed by atoms with Gasteiger partial charge in [0.1, 0.15) is 5.60 Å². The first kappa shape index (κ1) is 24.9. The van der Waals surface area contributed by atoms with E-state index in [0.717, 1.165) is 5.56 Å². The van der Waals surface area contributed by atoms with Crippen LogP contribution >= 0.6 is 11.8 Å². The third kappa shape index (κ3) is 6.40. The Kier molecular flexibility index (Phi) is 7.26. The van der Waals surface area contributed by atoms with Crippen molar-refractivity contribution in [3.63, 3.8) is 0 Å². The average Bonchev–Trinajstić information content (AvgIpc) is 3.10.